The van der Waals surface area contributed by atoms with Crippen LogP contribution in [0.3, 0.4) is 0 Å². The summed E-state index contributed by atoms with van der Waals surface area (Å²) in [6.07, 6.45) is 12.9. The molecule has 0 aromatic heterocycles. The van der Waals surface area contributed by atoms with Gasteiger partial charge in [0.1, 0.15) is 5.75 Å². The average molecular weight is 640 g/mol. The predicted molar refractivity (Wildman–Crippen MR) is 182 cm³/mol. The molecule has 4 atom stereocenters. The third-order valence-corrected chi connectivity index (χ3v) is 10.1. The molecule has 9 nitrogen and oxygen atoms in total. The number of ether oxygens (including phenoxy) is 2. The van der Waals surface area contributed by atoms with Gasteiger partial charge in [0.25, 0.3) is 0 Å². The molecule has 0 bridgehead atoms. The Bertz CT molecular complexity index is 1130. The molecule has 0 aliphatic heterocycles. The zero-order chi connectivity index (χ0) is 32.5. The molecule has 6 N–H and O–H groups in total. The zero-order valence-electron chi connectivity index (χ0n) is 27.5. The van der Waals surface area contributed by atoms with Crippen LogP contribution < -0.4 is 16.0 Å². The van der Waals surface area contributed by atoms with Crippen LogP contribution in [-0.4, -0.2) is 74.3 Å². The molecule has 2 unspecified atom stereocenters. The molecule has 1 amide bonds. The molecule has 2 aromatic rings. The van der Waals surface area contributed by atoms with E-state index in [0.717, 1.165) is 50.3 Å². The Hall–Kier alpha value is -2.53. The fraction of sp³-hybridized carbons (Fsp3) is 0.649. The van der Waals surface area contributed by atoms with Crippen molar-refractivity contribution in [1.82, 2.24) is 10.6 Å². The molecular weight excluding hydrogens is 582 g/mol. The van der Waals surface area contributed by atoms with Crippen molar-refractivity contribution in [2.45, 2.75) is 82.3 Å². The summed E-state index contributed by atoms with van der Waals surface area (Å²) >= 11 is 0. The van der Waals surface area contributed by atoms with Crippen LogP contribution in [0.1, 0.15) is 87.9 Å². The lowest BCUT2D eigenvalue weighted by atomic mass is 9.70. The van der Waals surface area contributed by atoms with E-state index < -0.39 is 11.7 Å². The molecule has 9 heteroatoms. The lowest BCUT2D eigenvalue weighted by Crippen LogP contribution is -2.35. The summed E-state index contributed by atoms with van der Waals surface area (Å²) in [7, 11) is 0. The fourth-order valence-electron chi connectivity index (χ4n) is 7.48. The van der Waals surface area contributed by atoms with Crippen molar-refractivity contribution in [3.63, 3.8) is 0 Å². The van der Waals surface area contributed by atoms with Crippen molar-refractivity contribution in [3.8, 4) is 5.75 Å². The number of phenols is 1. The van der Waals surface area contributed by atoms with E-state index in [4.69, 9.17) is 9.47 Å². The number of carbonyl (C=O) groups excluding carboxylic acids is 1. The van der Waals surface area contributed by atoms with Crippen LogP contribution in [0.5, 0.6) is 5.75 Å². The Kier molecular flexibility index (Phi) is 15.8. The second kappa shape index (κ2) is 20.0. The standard InChI is InChI=1S/C37H57N3O6/c41-28-40-34-26-31(14-15-35(34)42)36(43)27-39-21-23-46-25-24-45-22-20-38-19-17-30-9-5-4-8-29(30)16-18-37(44,33-12-6-7-13-33)32-10-2-1-3-11-32/h1-3,10-11,14-15,26,28-30,33,36,38-39,42-44H,4-9,12-13,16-25,27H2,(H,40,41)/t29-,30?,36+,37?/m0/s1. The van der Waals surface area contributed by atoms with Gasteiger partial charge in [-0.15, -0.1) is 0 Å². The summed E-state index contributed by atoms with van der Waals surface area (Å²) in [4.78, 5) is 10.6. The minimum Gasteiger partial charge on any atom is -0.506 e. The number of benzene rings is 2. The Balaban J connectivity index is 1.02. The Morgan fingerprint density at radius 2 is 1.48 bits per heavy atom. The number of amides is 1. The van der Waals surface area contributed by atoms with Crippen molar-refractivity contribution < 1.29 is 29.6 Å². The van der Waals surface area contributed by atoms with Crippen LogP contribution in [0.2, 0.25) is 0 Å². The lowest BCUT2D eigenvalue weighted by Gasteiger charge is -2.38. The molecule has 2 aromatic carbocycles. The molecule has 2 aliphatic carbocycles. The first-order chi connectivity index (χ1) is 22.5. The van der Waals surface area contributed by atoms with Gasteiger partial charge < -0.3 is 40.7 Å². The minimum atomic E-state index is -0.770. The van der Waals surface area contributed by atoms with Gasteiger partial charge >= 0.3 is 0 Å². The second-order valence-electron chi connectivity index (χ2n) is 13.1. The van der Waals surface area contributed by atoms with Gasteiger partial charge in [0, 0.05) is 19.6 Å². The molecule has 46 heavy (non-hydrogen) atoms. The number of anilines is 1. The second-order valence-corrected chi connectivity index (χ2v) is 13.1. The lowest BCUT2D eigenvalue weighted by molar-refractivity contribution is -0.105. The largest absolute Gasteiger partial charge is 0.506 e. The predicted octanol–water partition coefficient (Wildman–Crippen LogP) is 5.26. The summed E-state index contributed by atoms with van der Waals surface area (Å²) in [6, 6.07) is 15.1. The van der Waals surface area contributed by atoms with Gasteiger partial charge in [0.05, 0.1) is 43.8 Å². The zero-order valence-corrected chi connectivity index (χ0v) is 27.5. The third kappa shape index (κ3) is 11.3. The van der Waals surface area contributed by atoms with E-state index in [-0.39, 0.29) is 11.4 Å². The van der Waals surface area contributed by atoms with Crippen molar-refractivity contribution >= 4 is 12.1 Å². The topological polar surface area (TPSA) is 132 Å². The van der Waals surface area contributed by atoms with Crippen molar-refractivity contribution in [1.29, 1.82) is 0 Å². The summed E-state index contributed by atoms with van der Waals surface area (Å²) in [5, 5.41) is 41.2. The molecule has 0 saturated heterocycles. The minimum absolute atomic E-state index is 0.0465. The van der Waals surface area contributed by atoms with Gasteiger partial charge in [-0.2, -0.15) is 0 Å². The number of hydrogen-bond donors (Lipinski definition) is 6. The number of phenolic OH excluding ortho intramolecular Hbond substituents is 1. The van der Waals surface area contributed by atoms with Gasteiger partial charge in [-0.25, -0.2) is 0 Å². The summed E-state index contributed by atoms with van der Waals surface area (Å²) < 4.78 is 11.4. The molecule has 2 saturated carbocycles. The smallest absolute Gasteiger partial charge is 0.211 e. The van der Waals surface area contributed by atoms with Crippen molar-refractivity contribution in [2.75, 3.05) is 57.9 Å². The van der Waals surface area contributed by atoms with E-state index >= 15 is 0 Å². The molecule has 4 rings (SSSR count). The highest BCUT2D eigenvalue weighted by Crippen LogP contribution is 2.46. The third-order valence-electron chi connectivity index (χ3n) is 10.1. The molecule has 2 fully saturated rings. The number of rotatable bonds is 22. The average Bonchev–Trinajstić information content (AvgIpc) is 3.64. The Labute approximate surface area is 275 Å². The number of aliphatic hydroxyl groups excluding tert-OH is 1. The SMILES string of the molecule is O=CNc1cc([C@H](O)CNCCOCCOCCNCCC2CCCC[C@H]2CCC(O)(c2ccccc2)C2CCCC2)ccc1O. The van der Waals surface area contributed by atoms with Crippen LogP contribution in [0.25, 0.3) is 0 Å². The van der Waals surface area contributed by atoms with E-state index in [2.05, 4.69) is 40.2 Å². The monoisotopic (exact) mass is 639 g/mol. The van der Waals surface area contributed by atoms with E-state index in [0.29, 0.717) is 63.3 Å². The number of nitrogens with one attached hydrogen (secondary N) is 3. The van der Waals surface area contributed by atoms with Gasteiger partial charge in [-0.05, 0) is 79.7 Å². The maximum atomic E-state index is 12.0. The normalized spacial score (nSPS) is 20.7. The van der Waals surface area contributed by atoms with Gasteiger partial charge in [-0.3, -0.25) is 4.79 Å². The maximum Gasteiger partial charge on any atom is 0.211 e. The van der Waals surface area contributed by atoms with Gasteiger partial charge in [0.2, 0.25) is 6.41 Å². The number of carbonyl (C=O) groups is 1. The number of aromatic hydroxyl groups is 1. The van der Waals surface area contributed by atoms with Crippen molar-refractivity contribution in [2.24, 2.45) is 17.8 Å². The summed E-state index contributed by atoms with van der Waals surface area (Å²) in [5.41, 5.74) is 1.29. The van der Waals surface area contributed by atoms with Crippen LogP contribution in [-0.2, 0) is 19.9 Å². The molecule has 0 heterocycles. The summed E-state index contributed by atoms with van der Waals surface area (Å²) in [5.74, 6) is 1.77. The van der Waals surface area contributed by atoms with E-state index in [9.17, 15) is 20.1 Å². The summed E-state index contributed by atoms with van der Waals surface area (Å²) in [6.45, 7) is 4.97. The van der Waals surface area contributed by atoms with Crippen LogP contribution in [0, 0.1) is 17.8 Å². The fourth-order valence-corrected chi connectivity index (χ4v) is 7.48. The first kappa shape index (κ1) is 36.3. The first-order valence-corrected chi connectivity index (χ1v) is 17.6. The molecule has 2 aliphatic rings. The quantitative estimate of drug-likeness (QED) is 0.0584. The number of aliphatic hydroxyl groups is 2. The first-order valence-electron chi connectivity index (χ1n) is 17.6. The Morgan fingerprint density at radius 3 is 2.17 bits per heavy atom. The van der Waals surface area contributed by atoms with E-state index in [1.54, 1.807) is 12.1 Å². The van der Waals surface area contributed by atoms with Gasteiger partial charge in [0.15, 0.2) is 0 Å². The number of hydrogen-bond acceptors (Lipinski definition) is 8. The molecule has 256 valence electrons. The van der Waals surface area contributed by atoms with Crippen LogP contribution in [0.4, 0.5) is 5.69 Å². The Morgan fingerprint density at radius 1 is 0.826 bits per heavy atom. The van der Waals surface area contributed by atoms with Crippen LogP contribution in [0.15, 0.2) is 48.5 Å². The highest BCUT2D eigenvalue weighted by molar-refractivity contribution is 5.75. The highest BCUT2D eigenvalue weighted by atomic mass is 16.5. The van der Waals surface area contributed by atoms with Gasteiger partial charge in [-0.1, -0.05) is 74.9 Å². The van der Waals surface area contributed by atoms with E-state index in [1.807, 2.05) is 6.07 Å². The highest BCUT2D eigenvalue weighted by Gasteiger charge is 2.40. The maximum absolute atomic E-state index is 12.0. The molecular formula is C37H57N3O6. The molecule has 0 radical (unpaired) electrons. The van der Waals surface area contributed by atoms with Crippen molar-refractivity contribution in [3.05, 3.63) is 59.7 Å². The molecule has 0 spiro atoms. The van der Waals surface area contributed by atoms with E-state index in [1.165, 1.54) is 51.0 Å². The van der Waals surface area contributed by atoms with Crippen LogP contribution >= 0.6 is 0 Å².